The molecule has 82 valence electrons. The average molecular weight is 222 g/mol. The van der Waals surface area contributed by atoms with Gasteiger partial charge in [-0.05, 0) is 37.9 Å². The molecule has 0 bridgehead atoms. The standard InChI is InChI=1S/C12H18N2S/c1-14-6-5-13-8-10(14)12-7-9-3-2-4-11(9)15-12/h7,10,13H,2-6,8H2,1H3. The second-order valence-electron chi connectivity index (χ2n) is 4.65. The molecule has 1 N–H and O–H groups in total. The summed E-state index contributed by atoms with van der Waals surface area (Å²) in [5, 5.41) is 3.49. The van der Waals surface area contributed by atoms with Crippen molar-refractivity contribution < 1.29 is 0 Å². The molecule has 3 heteroatoms. The van der Waals surface area contributed by atoms with E-state index in [1.54, 1.807) is 15.3 Å². The molecule has 1 aromatic heterocycles. The number of hydrogen-bond acceptors (Lipinski definition) is 3. The Morgan fingerprint density at radius 3 is 3.20 bits per heavy atom. The van der Waals surface area contributed by atoms with Gasteiger partial charge in [0.15, 0.2) is 0 Å². The van der Waals surface area contributed by atoms with Crippen LogP contribution < -0.4 is 5.32 Å². The number of piperazine rings is 1. The van der Waals surface area contributed by atoms with Gasteiger partial charge in [0.05, 0.1) is 6.04 Å². The normalized spacial score (nSPS) is 26.9. The summed E-state index contributed by atoms with van der Waals surface area (Å²) >= 11 is 2.05. The zero-order valence-electron chi connectivity index (χ0n) is 9.25. The van der Waals surface area contributed by atoms with Gasteiger partial charge in [0.2, 0.25) is 0 Å². The van der Waals surface area contributed by atoms with E-state index in [0.717, 1.165) is 13.1 Å². The Morgan fingerprint density at radius 2 is 2.40 bits per heavy atom. The van der Waals surface area contributed by atoms with E-state index in [4.69, 9.17) is 0 Å². The van der Waals surface area contributed by atoms with Gasteiger partial charge in [-0.15, -0.1) is 11.3 Å². The maximum Gasteiger partial charge on any atom is 0.0564 e. The number of fused-ring (bicyclic) bond motifs is 1. The lowest BCUT2D eigenvalue weighted by atomic mass is 10.1. The van der Waals surface area contributed by atoms with E-state index in [1.807, 2.05) is 0 Å². The van der Waals surface area contributed by atoms with Crippen LogP contribution in [0.15, 0.2) is 6.07 Å². The molecular weight excluding hydrogens is 204 g/mol. The van der Waals surface area contributed by atoms with Crippen molar-refractivity contribution in [2.75, 3.05) is 26.7 Å². The molecule has 1 unspecified atom stereocenters. The highest BCUT2D eigenvalue weighted by atomic mass is 32.1. The molecule has 0 radical (unpaired) electrons. The second kappa shape index (κ2) is 3.89. The Hall–Kier alpha value is -0.380. The van der Waals surface area contributed by atoms with Crippen LogP contribution in [0.3, 0.4) is 0 Å². The van der Waals surface area contributed by atoms with Crippen molar-refractivity contribution in [1.29, 1.82) is 0 Å². The summed E-state index contributed by atoms with van der Waals surface area (Å²) in [4.78, 5) is 5.72. The molecule has 2 heterocycles. The van der Waals surface area contributed by atoms with Crippen molar-refractivity contribution in [3.8, 4) is 0 Å². The maximum absolute atomic E-state index is 3.49. The second-order valence-corrected chi connectivity index (χ2v) is 5.82. The molecular formula is C12H18N2S. The number of likely N-dealkylation sites (N-methyl/N-ethyl adjacent to an activating group) is 1. The van der Waals surface area contributed by atoms with Crippen molar-refractivity contribution in [3.05, 3.63) is 21.4 Å². The topological polar surface area (TPSA) is 15.3 Å². The fourth-order valence-corrected chi connectivity index (χ4v) is 4.06. The minimum Gasteiger partial charge on any atom is -0.314 e. The first-order valence-electron chi connectivity index (χ1n) is 5.87. The molecule has 1 atom stereocenters. The van der Waals surface area contributed by atoms with Crippen LogP contribution in [0.4, 0.5) is 0 Å². The quantitative estimate of drug-likeness (QED) is 0.779. The van der Waals surface area contributed by atoms with Crippen LogP contribution in [-0.4, -0.2) is 31.6 Å². The summed E-state index contributed by atoms with van der Waals surface area (Å²) in [6, 6.07) is 3.08. The summed E-state index contributed by atoms with van der Waals surface area (Å²) < 4.78 is 0. The van der Waals surface area contributed by atoms with E-state index in [-0.39, 0.29) is 0 Å². The summed E-state index contributed by atoms with van der Waals surface area (Å²) in [6.45, 7) is 3.43. The van der Waals surface area contributed by atoms with Crippen LogP contribution in [0.2, 0.25) is 0 Å². The van der Waals surface area contributed by atoms with Crippen LogP contribution in [0.5, 0.6) is 0 Å². The summed E-state index contributed by atoms with van der Waals surface area (Å²) in [7, 11) is 2.25. The Balaban J connectivity index is 1.85. The third kappa shape index (κ3) is 1.73. The minimum absolute atomic E-state index is 0.620. The van der Waals surface area contributed by atoms with Gasteiger partial charge in [-0.25, -0.2) is 0 Å². The highest BCUT2D eigenvalue weighted by molar-refractivity contribution is 7.12. The van der Waals surface area contributed by atoms with Crippen molar-refractivity contribution >= 4 is 11.3 Å². The zero-order chi connectivity index (χ0) is 10.3. The van der Waals surface area contributed by atoms with Gasteiger partial charge in [-0.1, -0.05) is 0 Å². The fraction of sp³-hybridized carbons (Fsp3) is 0.667. The number of aryl methyl sites for hydroxylation is 2. The SMILES string of the molecule is CN1CCNCC1c1cc2c(s1)CCC2. The number of rotatable bonds is 1. The van der Waals surface area contributed by atoms with E-state index < -0.39 is 0 Å². The lowest BCUT2D eigenvalue weighted by Crippen LogP contribution is -2.43. The molecule has 2 aliphatic rings. The Morgan fingerprint density at radius 1 is 1.47 bits per heavy atom. The van der Waals surface area contributed by atoms with Crippen LogP contribution in [0.25, 0.3) is 0 Å². The van der Waals surface area contributed by atoms with E-state index in [9.17, 15) is 0 Å². The van der Waals surface area contributed by atoms with Crippen LogP contribution in [-0.2, 0) is 12.8 Å². The highest BCUT2D eigenvalue weighted by Crippen LogP contribution is 2.35. The molecule has 3 rings (SSSR count). The predicted octanol–water partition coefficient (Wildman–Crippen LogP) is 1.81. The first-order chi connectivity index (χ1) is 7.34. The molecule has 1 fully saturated rings. The molecule has 0 spiro atoms. The number of thiophene rings is 1. The van der Waals surface area contributed by atoms with Gasteiger partial charge in [0, 0.05) is 29.4 Å². The predicted molar refractivity (Wildman–Crippen MR) is 64.6 cm³/mol. The van der Waals surface area contributed by atoms with Gasteiger partial charge in [0.25, 0.3) is 0 Å². The third-order valence-corrected chi connectivity index (χ3v) is 4.94. The maximum atomic E-state index is 3.49. The lowest BCUT2D eigenvalue weighted by Gasteiger charge is -2.32. The van der Waals surface area contributed by atoms with Crippen LogP contribution >= 0.6 is 11.3 Å². The summed E-state index contributed by atoms with van der Waals surface area (Å²) in [5.74, 6) is 0. The van der Waals surface area contributed by atoms with E-state index in [1.165, 1.54) is 25.8 Å². The molecule has 0 amide bonds. The van der Waals surface area contributed by atoms with Crippen molar-refractivity contribution in [2.45, 2.75) is 25.3 Å². The van der Waals surface area contributed by atoms with E-state index in [0.29, 0.717) is 6.04 Å². The number of hydrogen-bond donors (Lipinski definition) is 1. The molecule has 1 aliphatic carbocycles. The minimum atomic E-state index is 0.620. The van der Waals surface area contributed by atoms with E-state index >= 15 is 0 Å². The molecule has 0 aromatic carbocycles. The smallest absolute Gasteiger partial charge is 0.0564 e. The van der Waals surface area contributed by atoms with Gasteiger partial charge in [0.1, 0.15) is 0 Å². The first kappa shape index (κ1) is 9.82. The summed E-state index contributed by atoms with van der Waals surface area (Å²) in [5.41, 5.74) is 1.63. The molecule has 1 saturated heterocycles. The Kier molecular flexibility index (Phi) is 2.54. The first-order valence-corrected chi connectivity index (χ1v) is 6.68. The van der Waals surface area contributed by atoms with Crippen molar-refractivity contribution in [2.24, 2.45) is 0 Å². The van der Waals surface area contributed by atoms with Gasteiger partial charge in [-0.2, -0.15) is 0 Å². The molecule has 1 aromatic rings. The Bertz CT molecular complexity index is 337. The van der Waals surface area contributed by atoms with Crippen LogP contribution in [0.1, 0.15) is 27.8 Å². The fourth-order valence-electron chi connectivity index (χ4n) is 2.64. The monoisotopic (exact) mass is 222 g/mol. The van der Waals surface area contributed by atoms with Crippen molar-refractivity contribution in [1.82, 2.24) is 10.2 Å². The summed E-state index contributed by atoms with van der Waals surface area (Å²) in [6.07, 6.45) is 4.01. The molecule has 2 nitrogen and oxygen atoms in total. The van der Waals surface area contributed by atoms with E-state index in [2.05, 4.69) is 34.7 Å². The van der Waals surface area contributed by atoms with Gasteiger partial charge >= 0.3 is 0 Å². The largest absolute Gasteiger partial charge is 0.314 e. The van der Waals surface area contributed by atoms with Gasteiger partial charge in [-0.3, -0.25) is 4.90 Å². The zero-order valence-corrected chi connectivity index (χ0v) is 10.1. The number of nitrogens with one attached hydrogen (secondary N) is 1. The lowest BCUT2D eigenvalue weighted by molar-refractivity contribution is 0.205. The van der Waals surface area contributed by atoms with Crippen molar-refractivity contribution in [3.63, 3.8) is 0 Å². The number of nitrogens with zero attached hydrogens (tertiary/aromatic N) is 1. The van der Waals surface area contributed by atoms with Gasteiger partial charge < -0.3 is 5.32 Å². The highest BCUT2D eigenvalue weighted by Gasteiger charge is 2.24. The Labute approximate surface area is 95.3 Å². The molecule has 0 saturated carbocycles. The molecule has 15 heavy (non-hydrogen) atoms. The van der Waals surface area contributed by atoms with Crippen LogP contribution in [0, 0.1) is 0 Å². The molecule has 1 aliphatic heterocycles. The average Bonchev–Trinajstić information content (AvgIpc) is 2.77. The third-order valence-electron chi connectivity index (χ3n) is 3.61.